The standard InChI is InChI=1S/C25H16N2O3S/c28-23(16-6-2-1-3-7-16)17-10-12-18(13-11-17)24(29)27-25-26-20(15-31-25)22-14-19-8-4-5-9-21(19)30-22/h1-15H,(H,26,27,29). The van der Waals surface area contributed by atoms with Crippen molar-refractivity contribution < 1.29 is 14.0 Å². The van der Waals surface area contributed by atoms with Gasteiger partial charge in [0.25, 0.3) is 5.91 Å². The molecule has 0 unspecified atom stereocenters. The predicted molar refractivity (Wildman–Crippen MR) is 122 cm³/mol. The Bertz CT molecular complexity index is 1350. The first-order valence-electron chi connectivity index (χ1n) is 9.63. The minimum absolute atomic E-state index is 0.0806. The number of fused-ring (bicyclic) bond motifs is 1. The molecule has 5 aromatic rings. The van der Waals surface area contributed by atoms with E-state index in [2.05, 4.69) is 10.3 Å². The molecule has 0 atom stereocenters. The van der Waals surface area contributed by atoms with Gasteiger partial charge in [-0.05, 0) is 24.3 Å². The molecule has 1 N–H and O–H groups in total. The first kappa shape index (κ1) is 19.0. The number of para-hydroxylation sites is 1. The Morgan fingerprint density at radius 2 is 1.48 bits per heavy atom. The highest BCUT2D eigenvalue weighted by Crippen LogP contribution is 2.30. The van der Waals surface area contributed by atoms with Crippen LogP contribution in [0.15, 0.2) is 94.7 Å². The minimum Gasteiger partial charge on any atom is -0.454 e. The molecule has 0 saturated heterocycles. The van der Waals surface area contributed by atoms with Crippen molar-refractivity contribution in [2.75, 3.05) is 5.32 Å². The van der Waals surface area contributed by atoms with E-state index in [-0.39, 0.29) is 11.7 Å². The van der Waals surface area contributed by atoms with Gasteiger partial charge in [-0.3, -0.25) is 14.9 Å². The number of rotatable bonds is 5. The Balaban J connectivity index is 1.30. The largest absolute Gasteiger partial charge is 0.454 e. The summed E-state index contributed by atoms with van der Waals surface area (Å²) < 4.78 is 5.83. The summed E-state index contributed by atoms with van der Waals surface area (Å²) in [6.07, 6.45) is 0. The van der Waals surface area contributed by atoms with Crippen molar-refractivity contribution in [3.63, 3.8) is 0 Å². The number of ketones is 1. The van der Waals surface area contributed by atoms with Gasteiger partial charge in [0.15, 0.2) is 16.7 Å². The van der Waals surface area contributed by atoms with E-state index in [1.165, 1.54) is 11.3 Å². The molecule has 150 valence electrons. The molecule has 2 aromatic heterocycles. The van der Waals surface area contributed by atoms with Gasteiger partial charge in [-0.25, -0.2) is 4.98 Å². The molecule has 6 heteroatoms. The minimum atomic E-state index is -0.288. The summed E-state index contributed by atoms with van der Waals surface area (Å²) >= 11 is 1.33. The van der Waals surface area contributed by atoms with Crippen molar-refractivity contribution in [2.45, 2.75) is 0 Å². The topological polar surface area (TPSA) is 72.2 Å². The number of thiazole rings is 1. The van der Waals surface area contributed by atoms with Crippen LogP contribution >= 0.6 is 11.3 Å². The van der Waals surface area contributed by atoms with E-state index in [1.54, 1.807) is 36.4 Å². The number of amides is 1. The molecular weight excluding hydrogens is 408 g/mol. The van der Waals surface area contributed by atoms with Crippen LogP contribution < -0.4 is 5.32 Å². The van der Waals surface area contributed by atoms with Crippen LogP contribution in [0.3, 0.4) is 0 Å². The maximum Gasteiger partial charge on any atom is 0.257 e. The molecule has 0 fully saturated rings. The van der Waals surface area contributed by atoms with E-state index >= 15 is 0 Å². The van der Waals surface area contributed by atoms with Gasteiger partial charge in [0.2, 0.25) is 0 Å². The van der Waals surface area contributed by atoms with Gasteiger partial charge >= 0.3 is 0 Å². The van der Waals surface area contributed by atoms with Crippen LogP contribution in [-0.4, -0.2) is 16.7 Å². The number of benzene rings is 3. The quantitative estimate of drug-likeness (QED) is 0.349. The Kier molecular flexibility index (Phi) is 4.90. The molecule has 31 heavy (non-hydrogen) atoms. The smallest absolute Gasteiger partial charge is 0.257 e. The predicted octanol–water partition coefficient (Wildman–Crippen LogP) is 6.04. The lowest BCUT2D eigenvalue weighted by Crippen LogP contribution is -2.12. The molecule has 0 radical (unpaired) electrons. The molecule has 0 bridgehead atoms. The Morgan fingerprint density at radius 3 is 2.26 bits per heavy atom. The summed E-state index contributed by atoms with van der Waals surface area (Å²) in [6.45, 7) is 0. The first-order valence-corrected chi connectivity index (χ1v) is 10.5. The van der Waals surface area contributed by atoms with E-state index in [4.69, 9.17) is 4.42 Å². The average Bonchev–Trinajstić information content (AvgIpc) is 3.46. The molecule has 5 rings (SSSR count). The van der Waals surface area contributed by atoms with Crippen molar-refractivity contribution in [2.24, 2.45) is 0 Å². The number of hydrogen-bond donors (Lipinski definition) is 1. The number of carbonyl (C=O) groups excluding carboxylic acids is 2. The number of anilines is 1. The molecule has 0 aliphatic carbocycles. The second kappa shape index (κ2) is 8.01. The highest BCUT2D eigenvalue weighted by atomic mass is 32.1. The highest BCUT2D eigenvalue weighted by molar-refractivity contribution is 7.14. The van der Waals surface area contributed by atoms with Crippen molar-refractivity contribution >= 4 is 39.1 Å². The van der Waals surface area contributed by atoms with Crippen LogP contribution in [0.2, 0.25) is 0 Å². The third-order valence-electron chi connectivity index (χ3n) is 4.85. The lowest BCUT2D eigenvalue weighted by atomic mass is 10.0. The highest BCUT2D eigenvalue weighted by Gasteiger charge is 2.14. The number of nitrogens with zero attached hydrogens (tertiary/aromatic N) is 1. The van der Waals surface area contributed by atoms with Crippen molar-refractivity contribution in [3.05, 3.63) is 107 Å². The van der Waals surface area contributed by atoms with Crippen LogP contribution in [0.1, 0.15) is 26.3 Å². The number of aromatic nitrogens is 1. The molecule has 2 heterocycles. The first-order chi connectivity index (χ1) is 15.2. The summed E-state index contributed by atoms with van der Waals surface area (Å²) in [5.41, 5.74) is 3.05. The van der Waals surface area contributed by atoms with Gasteiger partial charge in [-0.15, -0.1) is 11.3 Å². The van der Waals surface area contributed by atoms with Crippen LogP contribution in [0, 0.1) is 0 Å². The zero-order valence-corrected chi connectivity index (χ0v) is 17.1. The fourth-order valence-corrected chi connectivity index (χ4v) is 3.95. The van der Waals surface area contributed by atoms with E-state index < -0.39 is 0 Å². The normalized spacial score (nSPS) is 10.8. The number of carbonyl (C=O) groups is 2. The number of hydrogen-bond acceptors (Lipinski definition) is 5. The van der Waals surface area contributed by atoms with Gasteiger partial charge < -0.3 is 4.42 Å². The molecule has 0 saturated carbocycles. The van der Waals surface area contributed by atoms with Crippen LogP contribution in [0.25, 0.3) is 22.4 Å². The van der Waals surface area contributed by atoms with Crippen LogP contribution in [0.4, 0.5) is 5.13 Å². The second-order valence-corrected chi connectivity index (χ2v) is 7.77. The van der Waals surface area contributed by atoms with E-state index in [0.29, 0.717) is 33.3 Å². The maximum atomic E-state index is 12.6. The summed E-state index contributed by atoms with van der Waals surface area (Å²) in [4.78, 5) is 29.6. The Morgan fingerprint density at radius 1 is 0.806 bits per heavy atom. The van der Waals surface area contributed by atoms with Gasteiger partial charge in [-0.1, -0.05) is 60.7 Å². The van der Waals surface area contributed by atoms with Crippen molar-refractivity contribution in [1.82, 2.24) is 4.98 Å². The zero-order valence-electron chi connectivity index (χ0n) is 16.2. The fourth-order valence-electron chi connectivity index (χ4n) is 3.25. The van der Waals surface area contributed by atoms with Crippen LogP contribution in [0.5, 0.6) is 0 Å². The molecule has 0 aliphatic heterocycles. The summed E-state index contributed by atoms with van der Waals surface area (Å²) in [5.74, 6) is 0.286. The molecule has 5 nitrogen and oxygen atoms in total. The zero-order chi connectivity index (χ0) is 21.2. The molecule has 0 spiro atoms. The van der Waals surface area contributed by atoms with Crippen molar-refractivity contribution in [1.29, 1.82) is 0 Å². The van der Waals surface area contributed by atoms with Gasteiger partial charge in [0.1, 0.15) is 11.3 Å². The van der Waals surface area contributed by atoms with E-state index in [1.807, 2.05) is 53.9 Å². The summed E-state index contributed by atoms with van der Waals surface area (Å²) in [7, 11) is 0. The lowest BCUT2D eigenvalue weighted by molar-refractivity contribution is 0.102. The van der Waals surface area contributed by atoms with E-state index in [0.717, 1.165) is 11.0 Å². The fraction of sp³-hybridized carbons (Fsp3) is 0. The van der Waals surface area contributed by atoms with Gasteiger partial charge in [0, 0.05) is 27.5 Å². The molecule has 3 aromatic carbocycles. The van der Waals surface area contributed by atoms with Gasteiger partial charge in [-0.2, -0.15) is 0 Å². The van der Waals surface area contributed by atoms with Gasteiger partial charge in [0.05, 0.1) is 0 Å². The monoisotopic (exact) mass is 424 g/mol. The summed E-state index contributed by atoms with van der Waals surface area (Å²) in [5, 5.41) is 6.12. The molecule has 1 amide bonds. The number of nitrogens with one attached hydrogen (secondary N) is 1. The second-order valence-electron chi connectivity index (χ2n) is 6.91. The summed E-state index contributed by atoms with van der Waals surface area (Å²) in [6, 6.07) is 25.3. The molecular formula is C25H16N2O3S. The lowest BCUT2D eigenvalue weighted by Gasteiger charge is -2.04. The SMILES string of the molecule is O=C(Nc1nc(-c2cc3ccccc3o2)cs1)c1ccc(C(=O)c2ccccc2)cc1. The Labute approximate surface area is 182 Å². The van der Waals surface area contributed by atoms with Crippen molar-refractivity contribution in [3.8, 4) is 11.5 Å². The van der Waals surface area contributed by atoms with E-state index in [9.17, 15) is 9.59 Å². The third-order valence-corrected chi connectivity index (χ3v) is 5.61. The number of furan rings is 1. The Hall–Kier alpha value is -4.03. The average molecular weight is 424 g/mol. The molecule has 0 aliphatic rings. The third kappa shape index (κ3) is 3.89. The maximum absolute atomic E-state index is 12.6. The van der Waals surface area contributed by atoms with Crippen LogP contribution in [-0.2, 0) is 0 Å².